The van der Waals surface area contributed by atoms with Gasteiger partial charge in [0.15, 0.2) is 22.9 Å². The normalized spacial score (nSPS) is 11.2. The quantitative estimate of drug-likeness (QED) is 0.719. The summed E-state index contributed by atoms with van der Waals surface area (Å²) in [6.07, 6.45) is 1.55. The second-order valence-corrected chi connectivity index (χ2v) is 4.57. The molecule has 0 saturated heterocycles. The molecule has 0 saturated carbocycles. The van der Waals surface area contributed by atoms with Gasteiger partial charge >= 0.3 is 5.97 Å². The van der Waals surface area contributed by atoms with Crippen molar-refractivity contribution in [2.75, 3.05) is 7.11 Å². The van der Waals surface area contributed by atoms with Crippen LogP contribution in [0.4, 0.5) is 11.5 Å². The number of ether oxygens (including phenoxy) is 1. The molecule has 116 valence electrons. The summed E-state index contributed by atoms with van der Waals surface area (Å²) < 4.78 is 6.42. The van der Waals surface area contributed by atoms with E-state index in [1.165, 1.54) is 10.5 Å². The van der Waals surface area contributed by atoms with E-state index >= 15 is 0 Å². The Labute approximate surface area is 130 Å². The van der Waals surface area contributed by atoms with Crippen LogP contribution in [0.5, 0.6) is 11.5 Å². The molecule has 23 heavy (non-hydrogen) atoms. The lowest BCUT2D eigenvalue weighted by Crippen LogP contribution is -1.96. The molecule has 0 aliphatic heterocycles. The van der Waals surface area contributed by atoms with Crippen molar-refractivity contribution in [3.05, 3.63) is 48.3 Å². The molecule has 0 radical (unpaired) electrons. The van der Waals surface area contributed by atoms with Crippen molar-refractivity contribution < 1.29 is 19.7 Å². The van der Waals surface area contributed by atoms with Crippen LogP contribution in [-0.4, -0.2) is 32.7 Å². The molecule has 3 rings (SSSR count). The molecule has 0 fully saturated rings. The van der Waals surface area contributed by atoms with Crippen LogP contribution in [0, 0.1) is 0 Å². The molecule has 0 atom stereocenters. The summed E-state index contributed by atoms with van der Waals surface area (Å²) in [5.74, 6) is -0.688. The fourth-order valence-corrected chi connectivity index (χ4v) is 2.03. The van der Waals surface area contributed by atoms with Gasteiger partial charge in [0.05, 0.1) is 12.8 Å². The van der Waals surface area contributed by atoms with E-state index in [1.807, 2.05) is 0 Å². The van der Waals surface area contributed by atoms with Crippen LogP contribution in [-0.2, 0) is 0 Å². The number of carboxylic acid groups (broad SMARTS) is 1. The van der Waals surface area contributed by atoms with Gasteiger partial charge in [0, 0.05) is 6.20 Å². The lowest BCUT2D eigenvalue weighted by Gasteiger charge is -1.99. The maximum atomic E-state index is 11.3. The highest BCUT2D eigenvalue weighted by atomic mass is 16.5. The van der Waals surface area contributed by atoms with Crippen molar-refractivity contribution in [2.45, 2.75) is 0 Å². The Morgan fingerprint density at radius 1 is 1.22 bits per heavy atom. The van der Waals surface area contributed by atoms with Gasteiger partial charge in [-0.1, -0.05) is 0 Å². The minimum absolute atomic E-state index is 0.0271. The Morgan fingerprint density at radius 3 is 2.61 bits per heavy atom. The van der Waals surface area contributed by atoms with Gasteiger partial charge < -0.3 is 14.9 Å². The first-order valence-corrected chi connectivity index (χ1v) is 6.59. The van der Waals surface area contributed by atoms with Crippen LogP contribution < -0.4 is 4.74 Å². The number of aromatic nitrogens is 2. The van der Waals surface area contributed by atoms with Crippen LogP contribution in [0.15, 0.2) is 52.8 Å². The van der Waals surface area contributed by atoms with E-state index in [1.54, 1.807) is 43.6 Å². The lowest BCUT2D eigenvalue weighted by molar-refractivity contribution is 0.0692. The van der Waals surface area contributed by atoms with Crippen molar-refractivity contribution in [3.63, 3.8) is 0 Å². The zero-order valence-corrected chi connectivity index (χ0v) is 12.0. The molecule has 2 N–H and O–H groups in total. The summed E-state index contributed by atoms with van der Waals surface area (Å²) in [4.78, 5) is 15.2. The first kappa shape index (κ1) is 14.5. The summed E-state index contributed by atoms with van der Waals surface area (Å²) in [5, 5.41) is 27.0. The number of pyridine rings is 1. The van der Waals surface area contributed by atoms with Crippen LogP contribution >= 0.6 is 0 Å². The highest BCUT2D eigenvalue weighted by Crippen LogP contribution is 2.28. The number of rotatable bonds is 4. The number of azo groups is 1. The number of carboxylic acids is 1. The van der Waals surface area contributed by atoms with E-state index in [0.717, 1.165) is 0 Å². The Kier molecular flexibility index (Phi) is 3.63. The maximum absolute atomic E-state index is 11.3. The van der Waals surface area contributed by atoms with Gasteiger partial charge in [-0.15, -0.1) is 10.2 Å². The lowest BCUT2D eigenvalue weighted by atomic mass is 10.3. The van der Waals surface area contributed by atoms with E-state index in [4.69, 9.17) is 4.74 Å². The Balaban J connectivity index is 2.07. The molecule has 2 heterocycles. The summed E-state index contributed by atoms with van der Waals surface area (Å²) in [6.45, 7) is 0. The molecule has 0 aliphatic carbocycles. The number of carbonyl (C=O) groups is 1. The van der Waals surface area contributed by atoms with Crippen molar-refractivity contribution in [3.8, 4) is 11.5 Å². The number of aromatic hydroxyl groups is 1. The number of hydrogen-bond donors (Lipinski definition) is 2. The second kappa shape index (κ2) is 5.76. The van der Waals surface area contributed by atoms with Gasteiger partial charge in [-0.3, -0.25) is 4.40 Å². The van der Waals surface area contributed by atoms with Crippen LogP contribution in [0.2, 0.25) is 0 Å². The molecule has 8 nitrogen and oxygen atoms in total. The highest BCUT2D eigenvalue weighted by Gasteiger charge is 2.19. The van der Waals surface area contributed by atoms with Gasteiger partial charge in [-0.05, 0) is 36.4 Å². The Morgan fingerprint density at radius 2 is 1.96 bits per heavy atom. The Bertz CT molecular complexity index is 900. The molecule has 1 aromatic carbocycles. The number of nitrogens with zero attached hydrogens (tertiary/aromatic N) is 4. The predicted octanol–water partition coefficient (Wildman–Crippen LogP) is 3.16. The summed E-state index contributed by atoms with van der Waals surface area (Å²) in [6, 6.07) is 9.77. The van der Waals surface area contributed by atoms with Gasteiger partial charge in [0.2, 0.25) is 0 Å². The summed E-state index contributed by atoms with van der Waals surface area (Å²) in [5.41, 5.74) is 0.342. The number of hydrogen-bond acceptors (Lipinski definition) is 6. The summed E-state index contributed by atoms with van der Waals surface area (Å²) in [7, 11) is 1.56. The van der Waals surface area contributed by atoms with Gasteiger partial charge in [0.1, 0.15) is 5.75 Å². The van der Waals surface area contributed by atoms with E-state index in [2.05, 4.69) is 15.2 Å². The topological polar surface area (TPSA) is 109 Å². The molecule has 0 bridgehead atoms. The number of methoxy groups -OCH3 is 1. The van der Waals surface area contributed by atoms with Gasteiger partial charge in [-0.2, -0.15) is 0 Å². The zero-order chi connectivity index (χ0) is 16.4. The van der Waals surface area contributed by atoms with E-state index in [0.29, 0.717) is 11.4 Å². The molecule has 3 aromatic rings. The average molecular weight is 312 g/mol. The number of aromatic carboxylic acids is 1. The fourth-order valence-electron chi connectivity index (χ4n) is 2.03. The summed E-state index contributed by atoms with van der Waals surface area (Å²) >= 11 is 0. The predicted molar refractivity (Wildman–Crippen MR) is 81.0 cm³/mol. The Hall–Kier alpha value is -3.42. The third kappa shape index (κ3) is 2.69. The molecular weight excluding hydrogens is 300 g/mol. The zero-order valence-electron chi connectivity index (χ0n) is 12.0. The SMILES string of the molecule is COc1ccc(N=Nc2c(C(=O)O)nc3c(O)cccn23)cc1. The first-order chi connectivity index (χ1) is 11.1. The second-order valence-electron chi connectivity index (χ2n) is 4.57. The fraction of sp³-hybridized carbons (Fsp3) is 0.0667. The van der Waals surface area contributed by atoms with Gasteiger partial charge in [-0.25, -0.2) is 9.78 Å². The van der Waals surface area contributed by atoms with Crippen LogP contribution in [0.25, 0.3) is 5.65 Å². The molecule has 0 aliphatic rings. The van der Waals surface area contributed by atoms with Gasteiger partial charge in [0.25, 0.3) is 0 Å². The number of imidazole rings is 1. The van der Waals surface area contributed by atoms with Crippen molar-refractivity contribution in [1.29, 1.82) is 0 Å². The third-order valence-electron chi connectivity index (χ3n) is 3.14. The van der Waals surface area contributed by atoms with E-state index < -0.39 is 5.97 Å². The van der Waals surface area contributed by atoms with Crippen LogP contribution in [0.3, 0.4) is 0 Å². The van der Waals surface area contributed by atoms with E-state index in [9.17, 15) is 15.0 Å². The molecule has 2 aromatic heterocycles. The molecular formula is C15H12N4O4. The molecule has 0 amide bonds. The molecule has 0 unspecified atom stereocenters. The minimum atomic E-state index is -1.25. The minimum Gasteiger partial charge on any atom is -0.504 e. The van der Waals surface area contributed by atoms with Crippen molar-refractivity contribution in [1.82, 2.24) is 9.38 Å². The highest BCUT2D eigenvalue weighted by molar-refractivity contribution is 5.92. The number of fused-ring (bicyclic) bond motifs is 1. The van der Waals surface area contributed by atoms with Crippen LogP contribution in [0.1, 0.15) is 10.5 Å². The third-order valence-corrected chi connectivity index (χ3v) is 3.14. The standard InChI is InChI=1S/C15H12N4O4/c1-23-10-6-4-9(5-7-10)17-18-14-12(15(21)22)16-13-11(20)3-2-8-19(13)14/h2-8,20H,1H3,(H,21,22). The largest absolute Gasteiger partial charge is 0.504 e. The van der Waals surface area contributed by atoms with Crippen molar-refractivity contribution >= 4 is 23.1 Å². The molecule has 0 spiro atoms. The van der Waals surface area contributed by atoms with E-state index in [-0.39, 0.29) is 22.9 Å². The first-order valence-electron chi connectivity index (χ1n) is 6.59. The smallest absolute Gasteiger partial charge is 0.358 e. The monoisotopic (exact) mass is 312 g/mol. The maximum Gasteiger partial charge on any atom is 0.358 e. The van der Waals surface area contributed by atoms with Crippen molar-refractivity contribution in [2.24, 2.45) is 10.2 Å². The average Bonchev–Trinajstić information content (AvgIpc) is 2.94. The molecule has 8 heteroatoms. The number of benzene rings is 1.